The maximum atomic E-state index is 12.3. The van der Waals surface area contributed by atoms with Gasteiger partial charge in [-0.25, -0.2) is 0 Å². The Labute approximate surface area is 161 Å². The number of hydrazine groups is 1. The van der Waals surface area contributed by atoms with Gasteiger partial charge < -0.3 is 14.9 Å². The third kappa shape index (κ3) is 3.96. The summed E-state index contributed by atoms with van der Waals surface area (Å²) in [6.07, 6.45) is 1.37. The molecular weight excluding hydrogens is 386 g/mol. The van der Waals surface area contributed by atoms with E-state index < -0.39 is 16.0 Å². The molecule has 0 bridgehead atoms. The zero-order valence-electron chi connectivity index (χ0n) is 14.9. The van der Waals surface area contributed by atoms with Crippen LogP contribution in [0.1, 0.15) is 17.5 Å². The Hall–Kier alpha value is -3.40. The standard InChI is InChI=1S/C18H17N3O6S/c1-27-15-10-12(6-7-14(15)22)11-21(19-9-8-17(23)24)18-13-4-2-3-5-16(13)28(25,26)20-18/h2-7,10-11,19H,8-9H2,1H3,(H,23,24)/p+1. The molecule has 0 spiro atoms. The lowest BCUT2D eigenvalue weighted by molar-refractivity contribution is -0.470. The molecule has 10 heteroatoms. The van der Waals surface area contributed by atoms with E-state index in [-0.39, 0.29) is 35.2 Å². The smallest absolute Gasteiger partial charge is 0.371 e. The number of ether oxygens (including phenoxy) is 1. The molecule has 9 nitrogen and oxygen atoms in total. The Morgan fingerprint density at radius 3 is 2.75 bits per heavy atom. The highest BCUT2D eigenvalue weighted by Gasteiger charge is 2.39. The number of hydrogen-bond donors (Lipinski definition) is 3. The number of phenols is 1. The number of aromatic hydroxyl groups is 1. The van der Waals surface area contributed by atoms with Gasteiger partial charge in [0.15, 0.2) is 11.5 Å². The number of benzene rings is 2. The van der Waals surface area contributed by atoms with Crippen molar-refractivity contribution in [2.24, 2.45) is 4.40 Å². The molecule has 146 valence electrons. The van der Waals surface area contributed by atoms with Crippen molar-refractivity contribution in [3.63, 3.8) is 0 Å². The number of fused-ring (bicyclic) bond motifs is 1. The van der Waals surface area contributed by atoms with Crippen LogP contribution in [0.2, 0.25) is 0 Å². The molecule has 0 aromatic heterocycles. The molecule has 3 N–H and O–H groups in total. The van der Waals surface area contributed by atoms with Gasteiger partial charge in [-0.05, 0) is 30.3 Å². The number of amidine groups is 1. The van der Waals surface area contributed by atoms with Crippen molar-refractivity contribution in [3.05, 3.63) is 53.6 Å². The first-order chi connectivity index (χ1) is 13.3. The second kappa shape index (κ2) is 7.69. The largest absolute Gasteiger partial charge is 0.504 e. The molecule has 0 amide bonds. The zero-order chi connectivity index (χ0) is 20.3. The summed E-state index contributed by atoms with van der Waals surface area (Å²) in [6, 6.07) is 11.0. The number of carboxylic acid groups (broad SMARTS) is 1. The van der Waals surface area contributed by atoms with E-state index in [1.54, 1.807) is 36.5 Å². The van der Waals surface area contributed by atoms with E-state index >= 15 is 0 Å². The number of nitrogens with zero attached hydrogens (tertiary/aromatic N) is 2. The minimum Gasteiger partial charge on any atom is -0.504 e. The predicted octanol–water partition coefficient (Wildman–Crippen LogP) is 0.961. The molecule has 3 rings (SSSR count). The lowest BCUT2D eigenvalue weighted by atomic mass is 10.2. The monoisotopic (exact) mass is 404 g/mol. The fraction of sp³-hybridized carbons (Fsp3) is 0.167. The van der Waals surface area contributed by atoms with Crippen molar-refractivity contribution in [2.75, 3.05) is 13.7 Å². The lowest BCUT2D eigenvalue weighted by Crippen LogP contribution is -2.36. The van der Waals surface area contributed by atoms with Crippen molar-refractivity contribution in [2.45, 2.75) is 11.3 Å². The number of carbonyl (C=O) groups is 1. The molecule has 0 aliphatic carbocycles. The van der Waals surface area contributed by atoms with Gasteiger partial charge in [0.2, 0.25) is 0 Å². The van der Waals surface area contributed by atoms with Crippen LogP contribution >= 0.6 is 0 Å². The van der Waals surface area contributed by atoms with E-state index in [1.807, 2.05) is 0 Å². The average Bonchev–Trinajstić information content (AvgIpc) is 2.93. The Kier molecular flexibility index (Phi) is 5.32. The summed E-state index contributed by atoms with van der Waals surface area (Å²) in [6.45, 7) is 0.0439. The van der Waals surface area contributed by atoms with Crippen molar-refractivity contribution in [1.82, 2.24) is 5.43 Å². The van der Waals surface area contributed by atoms with Gasteiger partial charge in [0, 0.05) is 5.56 Å². The highest BCUT2D eigenvalue weighted by Crippen LogP contribution is 2.27. The van der Waals surface area contributed by atoms with Gasteiger partial charge in [-0.3, -0.25) is 10.2 Å². The van der Waals surface area contributed by atoms with Crippen LogP contribution in [0.15, 0.2) is 51.8 Å². The molecule has 1 aliphatic rings. The second-order valence-electron chi connectivity index (χ2n) is 5.87. The molecule has 1 heterocycles. The predicted molar refractivity (Wildman–Crippen MR) is 101 cm³/mol. The molecular formula is C18H18N3O6S+. The van der Waals surface area contributed by atoms with Crippen LogP contribution in [0.3, 0.4) is 0 Å². The van der Waals surface area contributed by atoms with E-state index in [9.17, 15) is 18.3 Å². The first kappa shape index (κ1) is 19.4. The van der Waals surface area contributed by atoms with Crippen LogP contribution in [-0.4, -0.2) is 55.0 Å². The number of rotatable bonds is 6. The molecule has 0 radical (unpaired) electrons. The highest BCUT2D eigenvalue weighted by atomic mass is 32.2. The van der Waals surface area contributed by atoms with Crippen LogP contribution < -0.4 is 10.2 Å². The SMILES string of the molecule is COc1cc(/C=[N+](/NCCC(=O)O)C2=NS(=O)(=O)c3ccccc32)ccc1O. The molecule has 0 unspecified atom stereocenters. The number of carboxylic acids is 1. The van der Waals surface area contributed by atoms with Gasteiger partial charge in [0.1, 0.15) is 11.1 Å². The van der Waals surface area contributed by atoms with E-state index in [4.69, 9.17) is 9.84 Å². The fourth-order valence-corrected chi connectivity index (χ4v) is 3.85. The lowest BCUT2D eigenvalue weighted by Gasteiger charge is -2.08. The van der Waals surface area contributed by atoms with Crippen LogP contribution in [0, 0.1) is 0 Å². The number of methoxy groups -OCH3 is 1. The normalized spacial score (nSPS) is 14.9. The van der Waals surface area contributed by atoms with Crippen LogP contribution in [0.5, 0.6) is 11.5 Å². The van der Waals surface area contributed by atoms with Gasteiger partial charge in [-0.2, -0.15) is 8.42 Å². The van der Waals surface area contributed by atoms with Gasteiger partial charge in [0.05, 0.1) is 30.0 Å². The summed E-state index contributed by atoms with van der Waals surface area (Å²) in [4.78, 5) is 10.9. The quantitative estimate of drug-likeness (QED) is 0.372. The van der Waals surface area contributed by atoms with Crippen LogP contribution in [-0.2, 0) is 14.8 Å². The molecule has 0 saturated carbocycles. The summed E-state index contributed by atoms with van der Waals surface area (Å²) in [7, 11) is -2.44. The maximum Gasteiger partial charge on any atom is 0.371 e. The Bertz CT molecular complexity index is 1090. The third-order valence-corrected chi connectivity index (χ3v) is 5.27. The molecule has 2 aromatic rings. The number of hydrogen-bond acceptors (Lipinski definition) is 6. The zero-order valence-corrected chi connectivity index (χ0v) is 15.7. The molecule has 1 aliphatic heterocycles. The second-order valence-corrected chi connectivity index (χ2v) is 7.44. The Balaban J connectivity index is 2.07. The highest BCUT2D eigenvalue weighted by molar-refractivity contribution is 7.90. The third-order valence-electron chi connectivity index (χ3n) is 3.94. The van der Waals surface area contributed by atoms with Gasteiger partial charge in [0.25, 0.3) is 0 Å². The Morgan fingerprint density at radius 2 is 2.04 bits per heavy atom. The summed E-state index contributed by atoms with van der Waals surface area (Å²) in [5.41, 5.74) is 3.84. The Morgan fingerprint density at radius 1 is 1.29 bits per heavy atom. The number of aliphatic carboxylic acids is 1. The van der Waals surface area contributed by atoms with Crippen molar-refractivity contribution in [1.29, 1.82) is 0 Å². The van der Waals surface area contributed by atoms with Crippen LogP contribution in [0.25, 0.3) is 0 Å². The van der Waals surface area contributed by atoms with Crippen molar-refractivity contribution in [3.8, 4) is 11.5 Å². The van der Waals surface area contributed by atoms with Gasteiger partial charge in [-0.15, -0.1) is 4.68 Å². The molecule has 0 atom stereocenters. The van der Waals surface area contributed by atoms with E-state index in [2.05, 4.69) is 9.82 Å². The van der Waals surface area contributed by atoms with E-state index in [1.165, 1.54) is 23.9 Å². The minimum atomic E-state index is -3.85. The number of phenolic OH excluding ortho intramolecular Hbond substituents is 1. The van der Waals surface area contributed by atoms with E-state index in [0.717, 1.165) is 0 Å². The first-order valence-corrected chi connectivity index (χ1v) is 9.66. The first-order valence-electron chi connectivity index (χ1n) is 8.22. The summed E-state index contributed by atoms with van der Waals surface area (Å²) < 4.78 is 35.0. The summed E-state index contributed by atoms with van der Waals surface area (Å²) >= 11 is 0. The molecule has 2 aromatic carbocycles. The maximum absolute atomic E-state index is 12.3. The summed E-state index contributed by atoms with van der Waals surface area (Å²) in [5.74, 6) is -0.690. The van der Waals surface area contributed by atoms with Crippen LogP contribution in [0.4, 0.5) is 0 Å². The van der Waals surface area contributed by atoms with Crippen molar-refractivity contribution >= 4 is 28.0 Å². The van der Waals surface area contributed by atoms with Gasteiger partial charge in [-0.1, -0.05) is 12.1 Å². The summed E-state index contributed by atoms with van der Waals surface area (Å²) in [5, 5.41) is 18.6. The minimum absolute atomic E-state index is 0.0439. The fourth-order valence-electron chi connectivity index (χ4n) is 2.65. The topological polar surface area (TPSA) is 128 Å². The average molecular weight is 404 g/mol. The van der Waals surface area contributed by atoms with Crippen molar-refractivity contribution < 1.29 is 32.8 Å². The van der Waals surface area contributed by atoms with Gasteiger partial charge >= 0.3 is 21.8 Å². The number of sulfonamides is 1. The molecule has 0 fully saturated rings. The number of hydrazone groups is 1. The number of nitrogens with one attached hydrogen (secondary N) is 1. The molecule has 28 heavy (non-hydrogen) atoms. The van der Waals surface area contributed by atoms with E-state index in [0.29, 0.717) is 11.1 Å². The molecule has 0 saturated heterocycles.